The van der Waals surface area contributed by atoms with Crippen LogP contribution in [0.5, 0.6) is 5.75 Å². The standard InChI is InChI=1S/C27H26FN3O2/c1-33-25-13-11-24(12-14-25)31-26(21-8-5-9-22(28)18-21)19-23(30-31)10-15-27(32)29-17-16-20-6-3-2-4-7-20/h2-9,11-14,18-19H,10,15-17H2,1H3,(H,29,32). The van der Waals surface area contributed by atoms with Crippen molar-refractivity contribution in [2.75, 3.05) is 13.7 Å². The highest BCUT2D eigenvalue weighted by Gasteiger charge is 2.14. The highest BCUT2D eigenvalue weighted by Crippen LogP contribution is 2.26. The average molecular weight is 444 g/mol. The highest BCUT2D eigenvalue weighted by molar-refractivity contribution is 5.76. The van der Waals surface area contributed by atoms with E-state index >= 15 is 0 Å². The Bertz CT molecular complexity index is 1200. The largest absolute Gasteiger partial charge is 0.497 e. The second kappa shape index (κ2) is 10.6. The number of hydrogen-bond donors (Lipinski definition) is 1. The van der Waals surface area contributed by atoms with Crippen LogP contribution < -0.4 is 10.1 Å². The number of nitrogens with zero attached hydrogens (tertiary/aromatic N) is 2. The van der Waals surface area contributed by atoms with Gasteiger partial charge in [0.15, 0.2) is 0 Å². The molecule has 0 bridgehead atoms. The number of halogens is 1. The van der Waals surface area contributed by atoms with Crippen molar-refractivity contribution >= 4 is 5.91 Å². The summed E-state index contributed by atoms with van der Waals surface area (Å²) in [6.45, 7) is 0.595. The van der Waals surface area contributed by atoms with Crippen LogP contribution in [0.2, 0.25) is 0 Å². The van der Waals surface area contributed by atoms with Crippen LogP contribution in [0, 0.1) is 5.82 Å². The summed E-state index contributed by atoms with van der Waals surface area (Å²) in [5.41, 5.74) is 4.27. The number of amides is 1. The molecule has 0 aliphatic heterocycles. The summed E-state index contributed by atoms with van der Waals surface area (Å²) in [6, 6.07) is 25.9. The number of hydrogen-bond acceptors (Lipinski definition) is 3. The van der Waals surface area contributed by atoms with Crippen molar-refractivity contribution in [3.05, 3.63) is 102 Å². The Hall–Kier alpha value is -3.93. The first-order valence-electron chi connectivity index (χ1n) is 10.9. The van der Waals surface area contributed by atoms with Crippen molar-refractivity contribution < 1.29 is 13.9 Å². The van der Waals surface area contributed by atoms with E-state index in [9.17, 15) is 9.18 Å². The van der Waals surface area contributed by atoms with E-state index < -0.39 is 0 Å². The number of carbonyl (C=O) groups is 1. The number of aryl methyl sites for hydroxylation is 1. The molecule has 5 nitrogen and oxygen atoms in total. The summed E-state index contributed by atoms with van der Waals surface area (Å²) in [5.74, 6) is 0.414. The molecule has 4 aromatic rings. The van der Waals surface area contributed by atoms with Gasteiger partial charge in [0.1, 0.15) is 11.6 Å². The predicted molar refractivity (Wildman–Crippen MR) is 127 cm³/mol. The van der Waals surface area contributed by atoms with E-state index in [4.69, 9.17) is 9.84 Å². The number of rotatable bonds is 9. The van der Waals surface area contributed by atoms with Crippen molar-refractivity contribution in [1.29, 1.82) is 0 Å². The zero-order valence-electron chi connectivity index (χ0n) is 18.5. The van der Waals surface area contributed by atoms with E-state index in [0.717, 1.165) is 34.8 Å². The van der Waals surface area contributed by atoms with Gasteiger partial charge >= 0.3 is 0 Å². The first-order chi connectivity index (χ1) is 16.1. The van der Waals surface area contributed by atoms with Crippen LogP contribution in [0.1, 0.15) is 17.7 Å². The van der Waals surface area contributed by atoms with Crippen LogP contribution in [-0.4, -0.2) is 29.3 Å². The Labute approximate surface area is 192 Å². The molecule has 168 valence electrons. The number of methoxy groups -OCH3 is 1. The lowest BCUT2D eigenvalue weighted by molar-refractivity contribution is -0.121. The molecule has 1 N–H and O–H groups in total. The third kappa shape index (κ3) is 5.86. The van der Waals surface area contributed by atoms with E-state index in [-0.39, 0.29) is 11.7 Å². The van der Waals surface area contributed by atoms with Crippen molar-refractivity contribution in [3.8, 4) is 22.7 Å². The van der Waals surface area contributed by atoms with Gasteiger partial charge < -0.3 is 10.1 Å². The molecule has 0 saturated heterocycles. The number of aromatic nitrogens is 2. The lowest BCUT2D eigenvalue weighted by Crippen LogP contribution is -2.25. The van der Waals surface area contributed by atoms with Gasteiger partial charge in [0.25, 0.3) is 0 Å². The first-order valence-corrected chi connectivity index (χ1v) is 10.9. The van der Waals surface area contributed by atoms with E-state index in [1.165, 1.54) is 17.7 Å². The third-order valence-corrected chi connectivity index (χ3v) is 5.38. The van der Waals surface area contributed by atoms with Crippen LogP contribution in [0.15, 0.2) is 84.9 Å². The van der Waals surface area contributed by atoms with Crippen LogP contribution in [0.3, 0.4) is 0 Å². The molecule has 1 heterocycles. The molecule has 1 amide bonds. The number of nitrogens with one attached hydrogen (secondary N) is 1. The quantitative estimate of drug-likeness (QED) is 0.397. The molecule has 0 saturated carbocycles. The monoisotopic (exact) mass is 443 g/mol. The summed E-state index contributed by atoms with van der Waals surface area (Å²) in [4.78, 5) is 12.3. The molecule has 6 heteroatoms. The Morgan fingerprint density at radius 3 is 2.48 bits per heavy atom. The summed E-state index contributed by atoms with van der Waals surface area (Å²) in [7, 11) is 1.62. The Kier molecular flexibility index (Phi) is 7.15. The first kappa shape index (κ1) is 22.3. The Balaban J connectivity index is 1.47. The molecule has 0 spiro atoms. The fourth-order valence-electron chi connectivity index (χ4n) is 3.65. The fourth-order valence-corrected chi connectivity index (χ4v) is 3.65. The van der Waals surface area contributed by atoms with Crippen molar-refractivity contribution in [2.24, 2.45) is 0 Å². The minimum atomic E-state index is -0.311. The second-order valence-corrected chi connectivity index (χ2v) is 7.73. The molecule has 4 rings (SSSR count). The smallest absolute Gasteiger partial charge is 0.220 e. The SMILES string of the molecule is COc1ccc(-n2nc(CCC(=O)NCCc3ccccc3)cc2-c2cccc(F)c2)cc1. The zero-order chi connectivity index (χ0) is 23.0. The Morgan fingerprint density at radius 1 is 0.970 bits per heavy atom. The number of carbonyl (C=O) groups excluding carboxylic acids is 1. The predicted octanol–water partition coefficient (Wildman–Crippen LogP) is 4.98. The lowest BCUT2D eigenvalue weighted by Gasteiger charge is -2.08. The van der Waals surface area contributed by atoms with E-state index in [2.05, 4.69) is 5.32 Å². The fraction of sp³-hybridized carbons (Fsp3) is 0.185. The molecule has 0 atom stereocenters. The normalized spacial score (nSPS) is 10.7. The maximum Gasteiger partial charge on any atom is 0.220 e. The topological polar surface area (TPSA) is 56.2 Å². The number of benzene rings is 3. The van der Waals surface area contributed by atoms with Gasteiger partial charge in [-0.05, 0) is 54.4 Å². The van der Waals surface area contributed by atoms with E-state index in [1.807, 2.05) is 66.7 Å². The van der Waals surface area contributed by atoms with Gasteiger partial charge in [-0.2, -0.15) is 5.10 Å². The van der Waals surface area contributed by atoms with Gasteiger partial charge in [0.05, 0.1) is 24.2 Å². The summed E-state index contributed by atoms with van der Waals surface area (Å²) in [5, 5.41) is 7.68. The maximum absolute atomic E-state index is 13.9. The van der Waals surface area contributed by atoms with E-state index in [0.29, 0.717) is 19.4 Å². The maximum atomic E-state index is 13.9. The minimum absolute atomic E-state index is 0.0164. The van der Waals surface area contributed by atoms with E-state index in [1.54, 1.807) is 17.9 Å². The minimum Gasteiger partial charge on any atom is -0.497 e. The highest BCUT2D eigenvalue weighted by atomic mass is 19.1. The van der Waals surface area contributed by atoms with Gasteiger partial charge in [-0.3, -0.25) is 4.79 Å². The van der Waals surface area contributed by atoms with Gasteiger partial charge in [0.2, 0.25) is 5.91 Å². The molecule has 1 aromatic heterocycles. The molecule has 0 fully saturated rings. The molecule has 0 aliphatic rings. The van der Waals surface area contributed by atoms with Crippen LogP contribution in [0.25, 0.3) is 16.9 Å². The zero-order valence-corrected chi connectivity index (χ0v) is 18.5. The lowest BCUT2D eigenvalue weighted by atomic mass is 10.1. The molecule has 0 unspecified atom stereocenters. The molecule has 0 aliphatic carbocycles. The van der Waals surface area contributed by atoms with Crippen molar-refractivity contribution in [1.82, 2.24) is 15.1 Å². The van der Waals surface area contributed by atoms with Gasteiger partial charge in [-0.25, -0.2) is 9.07 Å². The van der Waals surface area contributed by atoms with Crippen LogP contribution in [0.4, 0.5) is 4.39 Å². The van der Waals surface area contributed by atoms with Crippen molar-refractivity contribution in [2.45, 2.75) is 19.3 Å². The summed E-state index contributed by atoms with van der Waals surface area (Å²) < 4.78 is 20.9. The average Bonchev–Trinajstić information content (AvgIpc) is 3.28. The molecule has 33 heavy (non-hydrogen) atoms. The summed E-state index contributed by atoms with van der Waals surface area (Å²) >= 11 is 0. The van der Waals surface area contributed by atoms with Crippen LogP contribution in [-0.2, 0) is 17.6 Å². The van der Waals surface area contributed by atoms with Gasteiger partial charge in [-0.1, -0.05) is 42.5 Å². The Morgan fingerprint density at radius 2 is 1.76 bits per heavy atom. The van der Waals surface area contributed by atoms with Crippen LogP contribution >= 0.6 is 0 Å². The second-order valence-electron chi connectivity index (χ2n) is 7.73. The molecular weight excluding hydrogens is 417 g/mol. The van der Waals surface area contributed by atoms with Crippen molar-refractivity contribution in [3.63, 3.8) is 0 Å². The van der Waals surface area contributed by atoms with Gasteiger partial charge in [0, 0.05) is 24.9 Å². The molecule has 3 aromatic carbocycles. The molecule has 0 radical (unpaired) electrons. The summed E-state index contributed by atoms with van der Waals surface area (Å²) in [6.07, 6.45) is 1.61. The number of ether oxygens (including phenoxy) is 1. The third-order valence-electron chi connectivity index (χ3n) is 5.38. The van der Waals surface area contributed by atoms with Gasteiger partial charge in [-0.15, -0.1) is 0 Å². The molecular formula is C27H26FN3O2.